The van der Waals surface area contributed by atoms with E-state index in [1.165, 1.54) is 12.8 Å². The van der Waals surface area contributed by atoms with Gasteiger partial charge < -0.3 is 5.32 Å². The van der Waals surface area contributed by atoms with Crippen LogP contribution in [0.1, 0.15) is 49.9 Å². The minimum atomic E-state index is -0.0172. The summed E-state index contributed by atoms with van der Waals surface area (Å²) in [5, 5.41) is 9.51. The molecule has 2 rings (SSSR count). The van der Waals surface area contributed by atoms with Crippen LogP contribution in [-0.4, -0.2) is 22.1 Å². The Morgan fingerprint density at radius 1 is 1.62 bits per heavy atom. The second kappa shape index (κ2) is 4.28. The quantitative estimate of drug-likeness (QED) is 0.803. The fourth-order valence-electron chi connectivity index (χ4n) is 2.47. The summed E-state index contributed by atoms with van der Waals surface area (Å²) >= 11 is 0. The monoisotopic (exact) mass is 221 g/mol. The van der Waals surface area contributed by atoms with Crippen molar-refractivity contribution in [1.82, 2.24) is 15.5 Å². The lowest BCUT2D eigenvalue weighted by Gasteiger charge is -2.35. The van der Waals surface area contributed by atoms with Gasteiger partial charge in [-0.1, -0.05) is 20.3 Å². The molecule has 2 N–H and O–H groups in total. The summed E-state index contributed by atoms with van der Waals surface area (Å²) in [5.41, 5.74) is 0.968. The normalized spacial score (nSPS) is 24.0. The Hall–Kier alpha value is -1.32. The SMILES string of the molecule is CC1(C)CCCC(NC(=O)c2cn[nH]c2)C1. The van der Waals surface area contributed by atoms with Crippen LogP contribution < -0.4 is 5.32 Å². The van der Waals surface area contributed by atoms with Gasteiger partial charge in [0.15, 0.2) is 0 Å². The van der Waals surface area contributed by atoms with E-state index in [0.717, 1.165) is 12.8 Å². The first-order valence-corrected chi connectivity index (χ1v) is 5.86. The maximum Gasteiger partial charge on any atom is 0.254 e. The summed E-state index contributed by atoms with van der Waals surface area (Å²) < 4.78 is 0. The maximum atomic E-state index is 11.8. The van der Waals surface area contributed by atoms with Gasteiger partial charge in [0.25, 0.3) is 5.91 Å². The highest BCUT2D eigenvalue weighted by atomic mass is 16.1. The molecule has 0 saturated heterocycles. The molecule has 1 heterocycles. The molecule has 1 fully saturated rings. The number of hydrogen-bond acceptors (Lipinski definition) is 2. The molecule has 1 aromatic rings. The summed E-state index contributed by atoms with van der Waals surface area (Å²) in [6.07, 6.45) is 7.80. The second-order valence-corrected chi connectivity index (χ2v) is 5.42. The van der Waals surface area contributed by atoms with Gasteiger partial charge in [-0.15, -0.1) is 0 Å². The summed E-state index contributed by atoms with van der Waals surface area (Å²) in [7, 11) is 0. The van der Waals surface area contributed by atoms with Crippen molar-refractivity contribution in [2.24, 2.45) is 5.41 Å². The van der Waals surface area contributed by atoms with Crippen molar-refractivity contribution in [3.8, 4) is 0 Å². The Kier molecular flexibility index (Phi) is 2.99. The molecule has 1 aliphatic carbocycles. The minimum Gasteiger partial charge on any atom is -0.349 e. The molecule has 1 aliphatic rings. The van der Waals surface area contributed by atoms with Gasteiger partial charge in [-0.25, -0.2) is 0 Å². The number of aromatic nitrogens is 2. The summed E-state index contributed by atoms with van der Waals surface area (Å²) in [6.45, 7) is 4.53. The van der Waals surface area contributed by atoms with Crippen molar-refractivity contribution in [3.63, 3.8) is 0 Å². The number of nitrogens with zero attached hydrogens (tertiary/aromatic N) is 1. The third kappa shape index (κ3) is 2.62. The average Bonchev–Trinajstić information content (AvgIpc) is 2.68. The summed E-state index contributed by atoms with van der Waals surface area (Å²) in [4.78, 5) is 11.8. The standard InChI is InChI=1S/C12H19N3O/c1-12(2)5-3-4-10(6-12)15-11(16)9-7-13-14-8-9/h7-8,10H,3-6H2,1-2H3,(H,13,14)(H,15,16). The molecule has 0 spiro atoms. The van der Waals surface area contributed by atoms with Crippen molar-refractivity contribution in [2.45, 2.75) is 45.6 Å². The van der Waals surface area contributed by atoms with Gasteiger partial charge in [-0.2, -0.15) is 5.10 Å². The number of H-pyrrole nitrogens is 1. The Labute approximate surface area is 95.8 Å². The van der Waals surface area contributed by atoms with E-state index in [4.69, 9.17) is 0 Å². The van der Waals surface area contributed by atoms with Crippen molar-refractivity contribution >= 4 is 5.91 Å². The minimum absolute atomic E-state index is 0.0172. The predicted molar refractivity (Wildman–Crippen MR) is 62.1 cm³/mol. The Morgan fingerprint density at radius 2 is 2.44 bits per heavy atom. The molecule has 16 heavy (non-hydrogen) atoms. The number of carbonyl (C=O) groups is 1. The zero-order valence-corrected chi connectivity index (χ0v) is 9.92. The highest BCUT2D eigenvalue weighted by Gasteiger charge is 2.28. The van der Waals surface area contributed by atoms with Crippen molar-refractivity contribution in [2.75, 3.05) is 0 Å². The lowest BCUT2D eigenvalue weighted by Crippen LogP contribution is -2.40. The highest BCUT2D eigenvalue weighted by molar-refractivity contribution is 5.93. The molecule has 0 aliphatic heterocycles. The molecule has 4 nitrogen and oxygen atoms in total. The van der Waals surface area contributed by atoms with E-state index in [1.54, 1.807) is 12.4 Å². The number of aromatic amines is 1. The largest absolute Gasteiger partial charge is 0.349 e. The van der Waals surface area contributed by atoms with Crippen LogP contribution in [0.2, 0.25) is 0 Å². The molecule has 4 heteroatoms. The molecule has 0 bridgehead atoms. The van der Waals surface area contributed by atoms with E-state index in [1.807, 2.05) is 0 Å². The fraction of sp³-hybridized carbons (Fsp3) is 0.667. The number of rotatable bonds is 2. The van der Waals surface area contributed by atoms with Gasteiger partial charge in [-0.05, 0) is 24.7 Å². The Balaban J connectivity index is 1.92. The second-order valence-electron chi connectivity index (χ2n) is 5.42. The molecule has 1 atom stereocenters. The van der Waals surface area contributed by atoms with Crippen LogP contribution in [0.5, 0.6) is 0 Å². The van der Waals surface area contributed by atoms with Gasteiger partial charge in [0, 0.05) is 12.2 Å². The van der Waals surface area contributed by atoms with Crippen LogP contribution in [0.15, 0.2) is 12.4 Å². The number of carbonyl (C=O) groups excluding carboxylic acids is 1. The van der Waals surface area contributed by atoms with E-state index >= 15 is 0 Å². The zero-order chi connectivity index (χ0) is 11.6. The van der Waals surface area contributed by atoms with E-state index < -0.39 is 0 Å². The topological polar surface area (TPSA) is 57.8 Å². The molecule has 0 aromatic carbocycles. The maximum absolute atomic E-state index is 11.8. The molecule has 0 radical (unpaired) electrons. The Morgan fingerprint density at radius 3 is 3.06 bits per heavy atom. The van der Waals surface area contributed by atoms with Gasteiger partial charge >= 0.3 is 0 Å². The first-order chi connectivity index (χ1) is 7.57. The average molecular weight is 221 g/mol. The zero-order valence-electron chi connectivity index (χ0n) is 9.92. The van der Waals surface area contributed by atoms with Crippen molar-refractivity contribution in [3.05, 3.63) is 18.0 Å². The van der Waals surface area contributed by atoms with E-state index in [0.29, 0.717) is 17.0 Å². The van der Waals surface area contributed by atoms with Crippen LogP contribution in [0.3, 0.4) is 0 Å². The number of hydrogen-bond donors (Lipinski definition) is 2. The van der Waals surface area contributed by atoms with E-state index in [2.05, 4.69) is 29.4 Å². The van der Waals surface area contributed by atoms with Gasteiger partial charge in [0.2, 0.25) is 0 Å². The van der Waals surface area contributed by atoms with E-state index in [9.17, 15) is 4.79 Å². The molecule has 1 unspecified atom stereocenters. The molecular weight excluding hydrogens is 202 g/mol. The smallest absolute Gasteiger partial charge is 0.254 e. The van der Waals surface area contributed by atoms with Gasteiger partial charge in [0.1, 0.15) is 0 Å². The van der Waals surface area contributed by atoms with Crippen LogP contribution in [-0.2, 0) is 0 Å². The summed E-state index contributed by atoms with van der Waals surface area (Å²) in [6, 6.07) is 0.311. The first kappa shape index (κ1) is 11.2. The lowest BCUT2D eigenvalue weighted by molar-refractivity contribution is 0.0902. The number of nitrogens with one attached hydrogen (secondary N) is 2. The summed E-state index contributed by atoms with van der Waals surface area (Å²) in [5.74, 6) is -0.0172. The predicted octanol–water partition coefficient (Wildman–Crippen LogP) is 2.11. The van der Waals surface area contributed by atoms with Crippen LogP contribution in [0.4, 0.5) is 0 Å². The van der Waals surface area contributed by atoms with Crippen LogP contribution in [0.25, 0.3) is 0 Å². The molecular formula is C12H19N3O. The first-order valence-electron chi connectivity index (χ1n) is 5.86. The highest BCUT2D eigenvalue weighted by Crippen LogP contribution is 2.35. The third-order valence-corrected chi connectivity index (χ3v) is 3.30. The van der Waals surface area contributed by atoms with Gasteiger partial charge in [0.05, 0.1) is 11.8 Å². The lowest BCUT2D eigenvalue weighted by atomic mass is 9.75. The van der Waals surface area contributed by atoms with Crippen LogP contribution in [0, 0.1) is 5.41 Å². The van der Waals surface area contributed by atoms with Crippen molar-refractivity contribution in [1.29, 1.82) is 0 Å². The Bertz CT molecular complexity index is 356. The van der Waals surface area contributed by atoms with Crippen LogP contribution >= 0.6 is 0 Å². The van der Waals surface area contributed by atoms with Crippen molar-refractivity contribution < 1.29 is 4.79 Å². The van der Waals surface area contributed by atoms with Gasteiger partial charge in [-0.3, -0.25) is 9.89 Å². The van der Waals surface area contributed by atoms with E-state index in [-0.39, 0.29) is 5.91 Å². The molecule has 1 saturated carbocycles. The molecule has 1 aromatic heterocycles. The molecule has 1 amide bonds. The number of amides is 1. The third-order valence-electron chi connectivity index (χ3n) is 3.30. The molecule has 88 valence electrons. The fourth-order valence-corrected chi connectivity index (χ4v) is 2.47.